The summed E-state index contributed by atoms with van der Waals surface area (Å²) in [6.45, 7) is 2.24. The number of nitrogens with zero attached hydrogens (tertiary/aromatic N) is 1. The molecule has 0 spiro atoms. The van der Waals surface area contributed by atoms with Crippen LogP contribution in [0.15, 0.2) is 29.6 Å². The molecule has 0 saturated carbocycles. The number of unbranched alkanes of at least 4 members (excludes halogenated alkanes) is 3. The second-order valence-electron chi connectivity index (χ2n) is 4.54. The van der Waals surface area contributed by atoms with Crippen molar-refractivity contribution in [1.29, 1.82) is 0 Å². The average Bonchev–Trinajstić information content (AvgIpc) is 2.84. The lowest BCUT2D eigenvalue weighted by Crippen LogP contribution is -1.90. The van der Waals surface area contributed by atoms with Crippen molar-refractivity contribution in [3.8, 4) is 10.6 Å². The van der Waals surface area contributed by atoms with Crippen LogP contribution < -0.4 is 5.73 Å². The van der Waals surface area contributed by atoms with Gasteiger partial charge in [0.25, 0.3) is 0 Å². The van der Waals surface area contributed by atoms with E-state index in [-0.39, 0.29) is 0 Å². The van der Waals surface area contributed by atoms with Crippen molar-refractivity contribution in [2.24, 2.45) is 0 Å². The van der Waals surface area contributed by atoms with Crippen LogP contribution in [-0.2, 0) is 6.42 Å². The molecule has 0 atom stereocenters. The van der Waals surface area contributed by atoms with Gasteiger partial charge < -0.3 is 5.73 Å². The quantitative estimate of drug-likeness (QED) is 0.613. The van der Waals surface area contributed by atoms with Gasteiger partial charge in [-0.3, -0.25) is 0 Å². The molecule has 1 aromatic heterocycles. The molecular weight excluding hydrogens is 240 g/mol. The third-order valence-electron chi connectivity index (χ3n) is 3.03. The number of hydrogen-bond acceptors (Lipinski definition) is 3. The van der Waals surface area contributed by atoms with Crippen LogP contribution >= 0.6 is 11.3 Å². The first kappa shape index (κ1) is 13.1. The van der Waals surface area contributed by atoms with Gasteiger partial charge in [0.15, 0.2) is 0 Å². The molecule has 1 aromatic carbocycles. The maximum atomic E-state index is 5.97. The van der Waals surface area contributed by atoms with E-state index in [2.05, 4.69) is 17.3 Å². The Morgan fingerprint density at radius 1 is 1.17 bits per heavy atom. The Hall–Kier alpha value is -1.35. The lowest BCUT2D eigenvalue weighted by molar-refractivity contribution is 0.662. The van der Waals surface area contributed by atoms with Crippen LogP contribution in [0.1, 0.15) is 38.3 Å². The predicted molar refractivity (Wildman–Crippen MR) is 79.8 cm³/mol. The highest BCUT2D eigenvalue weighted by atomic mass is 32.1. The number of benzene rings is 1. The molecule has 2 aromatic rings. The Kier molecular flexibility index (Phi) is 4.76. The minimum atomic E-state index is 0.810. The predicted octanol–water partition coefficient (Wildman–Crippen LogP) is 4.52. The summed E-state index contributed by atoms with van der Waals surface area (Å²) in [6, 6.07) is 7.93. The lowest BCUT2D eigenvalue weighted by atomic mass is 10.1. The number of nitrogens with two attached hydrogens (primary N) is 1. The van der Waals surface area contributed by atoms with Gasteiger partial charge in [-0.1, -0.05) is 38.3 Å². The highest BCUT2D eigenvalue weighted by molar-refractivity contribution is 7.13. The van der Waals surface area contributed by atoms with Crippen molar-refractivity contribution in [3.05, 3.63) is 35.3 Å². The van der Waals surface area contributed by atoms with Crippen LogP contribution in [0.2, 0.25) is 0 Å². The van der Waals surface area contributed by atoms with Crippen molar-refractivity contribution in [1.82, 2.24) is 4.98 Å². The zero-order chi connectivity index (χ0) is 12.8. The summed E-state index contributed by atoms with van der Waals surface area (Å²) < 4.78 is 0. The summed E-state index contributed by atoms with van der Waals surface area (Å²) >= 11 is 1.69. The van der Waals surface area contributed by atoms with E-state index >= 15 is 0 Å². The summed E-state index contributed by atoms with van der Waals surface area (Å²) in [5.74, 6) is 0. The zero-order valence-electron chi connectivity index (χ0n) is 10.9. The molecule has 0 unspecified atom stereocenters. The number of aryl methyl sites for hydroxylation is 1. The van der Waals surface area contributed by atoms with Crippen LogP contribution in [0.25, 0.3) is 10.6 Å². The van der Waals surface area contributed by atoms with Crippen molar-refractivity contribution in [2.45, 2.75) is 39.0 Å². The molecule has 96 valence electrons. The summed E-state index contributed by atoms with van der Waals surface area (Å²) in [5, 5.41) is 3.20. The maximum absolute atomic E-state index is 5.97. The molecule has 0 amide bonds. The number of thiazole rings is 1. The van der Waals surface area contributed by atoms with Gasteiger partial charge in [0.05, 0.1) is 5.69 Å². The number of nitrogen functional groups attached to an aromatic ring is 1. The largest absolute Gasteiger partial charge is 0.398 e. The van der Waals surface area contributed by atoms with Gasteiger partial charge in [-0.05, 0) is 25.0 Å². The molecule has 0 aliphatic carbocycles. The molecule has 18 heavy (non-hydrogen) atoms. The van der Waals surface area contributed by atoms with E-state index in [4.69, 9.17) is 5.73 Å². The zero-order valence-corrected chi connectivity index (χ0v) is 11.7. The monoisotopic (exact) mass is 260 g/mol. The summed E-state index contributed by atoms with van der Waals surface area (Å²) in [7, 11) is 0. The molecule has 3 heteroatoms. The highest BCUT2D eigenvalue weighted by Gasteiger charge is 2.07. The van der Waals surface area contributed by atoms with Gasteiger partial charge in [0.1, 0.15) is 5.01 Å². The molecule has 0 saturated heterocycles. The first-order valence-corrected chi connectivity index (χ1v) is 7.48. The maximum Gasteiger partial charge on any atom is 0.125 e. The molecule has 2 N–H and O–H groups in total. The van der Waals surface area contributed by atoms with Crippen molar-refractivity contribution in [2.75, 3.05) is 5.73 Å². The molecule has 2 rings (SSSR count). The van der Waals surface area contributed by atoms with Crippen LogP contribution in [-0.4, -0.2) is 4.98 Å². The second-order valence-corrected chi connectivity index (χ2v) is 5.40. The third kappa shape index (κ3) is 3.33. The minimum Gasteiger partial charge on any atom is -0.398 e. The number of aromatic nitrogens is 1. The van der Waals surface area contributed by atoms with Gasteiger partial charge in [-0.15, -0.1) is 11.3 Å². The molecule has 0 fully saturated rings. The Bertz CT molecular complexity index is 491. The molecule has 0 bridgehead atoms. The van der Waals surface area contributed by atoms with Gasteiger partial charge in [-0.25, -0.2) is 4.98 Å². The molecule has 0 aliphatic rings. The smallest absolute Gasteiger partial charge is 0.125 e. The first-order valence-electron chi connectivity index (χ1n) is 6.60. The first-order chi connectivity index (χ1) is 8.81. The molecule has 1 heterocycles. The van der Waals surface area contributed by atoms with Crippen molar-refractivity contribution >= 4 is 17.0 Å². The van der Waals surface area contributed by atoms with Crippen molar-refractivity contribution < 1.29 is 0 Å². The van der Waals surface area contributed by atoms with E-state index in [0.717, 1.165) is 22.7 Å². The van der Waals surface area contributed by atoms with Crippen LogP contribution in [0.3, 0.4) is 0 Å². The Morgan fingerprint density at radius 2 is 2.00 bits per heavy atom. The van der Waals surface area contributed by atoms with Crippen LogP contribution in [0, 0.1) is 0 Å². The van der Waals surface area contributed by atoms with E-state index in [1.807, 2.05) is 24.3 Å². The number of anilines is 1. The van der Waals surface area contributed by atoms with Crippen molar-refractivity contribution in [3.63, 3.8) is 0 Å². The Balaban J connectivity index is 2.00. The fraction of sp³-hybridized carbons (Fsp3) is 0.400. The fourth-order valence-electron chi connectivity index (χ4n) is 1.97. The summed E-state index contributed by atoms with van der Waals surface area (Å²) in [5.41, 5.74) is 9.04. The van der Waals surface area contributed by atoms with Crippen LogP contribution in [0.5, 0.6) is 0 Å². The third-order valence-corrected chi connectivity index (χ3v) is 3.95. The standard InChI is InChI=1S/C15H20N2S/c1-2-3-4-5-8-12-11-18-15(17-12)13-9-6-7-10-14(13)16/h6-7,9-11H,2-5,8,16H2,1H3. The van der Waals surface area contributed by atoms with E-state index < -0.39 is 0 Å². The topological polar surface area (TPSA) is 38.9 Å². The Labute approximate surface area is 113 Å². The number of rotatable bonds is 6. The highest BCUT2D eigenvalue weighted by Crippen LogP contribution is 2.28. The summed E-state index contributed by atoms with van der Waals surface area (Å²) in [6.07, 6.45) is 6.23. The average molecular weight is 260 g/mol. The van der Waals surface area contributed by atoms with E-state index in [1.54, 1.807) is 11.3 Å². The van der Waals surface area contributed by atoms with Gasteiger partial charge >= 0.3 is 0 Å². The number of hydrogen-bond donors (Lipinski definition) is 1. The van der Waals surface area contributed by atoms with Crippen LogP contribution in [0.4, 0.5) is 5.69 Å². The second kappa shape index (κ2) is 6.55. The number of para-hydroxylation sites is 1. The van der Waals surface area contributed by atoms with Gasteiger partial charge in [-0.2, -0.15) is 0 Å². The molecular formula is C15H20N2S. The van der Waals surface area contributed by atoms with Gasteiger partial charge in [0.2, 0.25) is 0 Å². The SMILES string of the molecule is CCCCCCc1csc(-c2ccccc2N)n1. The minimum absolute atomic E-state index is 0.810. The van der Waals surface area contributed by atoms with E-state index in [9.17, 15) is 0 Å². The van der Waals surface area contributed by atoms with Gasteiger partial charge in [0, 0.05) is 16.6 Å². The Morgan fingerprint density at radius 3 is 2.78 bits per heavy atom. The summed E-state index contributed by atoms with van der Waals surface area (Å²) in [4.78, 5) is 4.68. The normalized spacial score (nSPS) is 10.7. The molecule has 2 nitrogen and oxygen atoms in total. The van der Waals surface area contributed by atoms with E-state index in [0.29, 0.717) is 0 Å². The lowest BCUT2D eigenvalue weighted by Gasteiger charge is -2.00. The molecule has 0 aliphatic heterocycles. The molecule has 0 radical (unpaired) electrons. The van der Waals surface area contributed by atoms with E-state index in [1.165, 1.54) is 31.4 Å². The fourth-order valence-corrected chi connectivity index (χ4v) is 2.87.